The molecular formula is C11H17N6O7P. The van der Waals surface area contributed by atoms with Crippen molar-refractivity contribution in [3.63, 3.8) is 0 Å². The van der Waals surface area contributed by atoms with Gasteiger partial charge in [-0.1, -0.05) is 0 Å². The van der Waals surface area contributed by atoms with Gasteiger partial charge in [-0.15, -0.1) is 0 Å². The van der Waals surface area contributed by atoms with Gasteiger partial charge >= 0.3 is 13.4 Å². The number of imidazole rings is 1. The minimum absolute atomic E-state index is 0.0398. The molecule has 1 aliphatic rings. The van der Waals surface area contributed by atoms with E-state index in [-0.39, 0.29) is 17.0 Å². The molecule has 0 aliphatic carbocycles. The van der Waals surface area contributed by atoms with Crippen molar-refractivity contribution in [2.24, 2.45) is 5.50 Å². The van der Waals surface area contributed by atoms with Crippen LogP contribution < -0.4 is 16.9 Å². The molecular weight excluding hydrogens is 359 g/mol. The maximum atomic E-state index is 12.2. The highest BCUT2D eigenvalue weighted by Gasteiger charge is 2.45. The molecule has 0 aromatic carbocycles. The lowest BCUT2D eigenvalue weighted by molar-refractivity contribution is -0.0502. The van der Waals surface area contributed by atoms with Gasteiger partial charge in [0.15, 0.2) is 17.7 Å². The van der Waals surface area contributed by atoms with Crippen molar-refractivity contribution in [2.75, 3.05) is 19.5 Å². The number of aliphatic hydroxyl groups is 2. The van der Waals surface area contributed by atoms with Gasteiger partial charge in [0.05, 0.1) is 6.61 Å². The van der Waals surface area contributed by atoms with Gasteiger partial charge in [0.25, 0.3) is 0 Å². The predicted molar refractivity (Wildman–Crippen MR) is 83.2 cm³/mol. The Hall–Kier alpha value is -1.86. The van der Waals surface area contributed by atoms with Crippen LogP contribution in [0.1, 0.15) is 6.23 Å². The zero-order valence-corrected chi connectivity index (χ0v) is 13.9. The molecule has 25 heavy (non-hydrogen) atoms. The molecule has 7 N–H and O–H groups in total. The molecule has 1 fully saturated rings. The van der Waals surface area contributed by atoms with Crippen molar-refractivity contribution in [3.05, 3.63) is 16.8 Å². The molecule has 1 saturated heterocycles. The van der Waals surface area contributed by atoms with E-state index in [0.29, 0.717) is 0 Å². The van der Waals surface area contributed by atoms with Crippen LogP contribution >= 0.6 is 7.75 Å². The molecule has 2 aromatic heterocycles. The minimum atomic E-state index is -3.79. The molecule has 0 unspecified atom stereocenters. The number of aromatic nitrogens is 4. The van der Waals surface area contributed by atoms with Crippen LogP contribution in [0.25, 0.3) is 11.2 Å². The first-order chi connectivity index (χ1) is 11.7. The SMILES string of the molecule is CO[P@](N)(=O)OC[C@H]1O[C@@H](n2c(=O)[nH]c3c(N)ncnc32)[C@@H](O)[C@@H]1O. The van der Waals surface area contributed by atoms with Gasteiger partial charge in [0.2, 0.25) is 0 Å². The van der Waals surface area contributed by atoms with Crippen molar-refractivity contribution in [1.82, 2.24) is 19.5 Å². The van der Waals surface area contributed by atoms with Crippen LogP contribution in [0.15, 0.2) is 11.1 Å². The molecule has 2 aromatic rings. The molecule has 0 radical (unpaired) electrons. The van der Waals surface area contributed by atoms with Crippen LogP contribution in [0.2, 0.25) is 0 Å². The third kappa shape index (κ3) is 3.18. The molecule has 0 spiro atoms. The summed E-state index contributed by atoms with van der Waals surface area (Å²) in [6.45, 7) is -0.426. The van der Waals surface area contributed by atoms with E-state index in [2.05, 4.69) is 19.5 Å². The average Bonchev–Trinajstić information content (AvgIpc) is 3.04. The maximum absolute atomic E-state index is 12.2. The fraction of sp³-hybridized carbons (Fsp3) is 0.545. The molecule has 1 aliphatic heterocycles. The summed E-state index contributed by atoms with van der Waals surface area (Å²) in [6.07, 6.45) is -4.16. The lowest BCUT2D eigenvalue weighted by Crippen LogP contribution is -2.35. The summed E-state index contributed by atoms with van der Waals surface area (Å²) in [4.78, 5) is 22.3. The molecule has 5 atom stereocenters. The molecule has 0 saturated carbocycles. The van der Waals surface area contributed by atoms with Gasteiger partial charge in [0, 0.05) is 7.11 Å². The van der Waals surface area contributed by atoms with Gasteiger partial charge in [0.1, 0.15) is 30.2 Å². The number of nitrogen functional groups attached to an aromatic ring is 1. The molecule has 3 heterocycles. The number of H-pyrrole nitrogens is 1. The van der Waals surface area contributed by atoms with Crippen molar-refractivity contribution in [1.29, 1.82) is 0 Å². The van der Waals surface area contributed by atoms with Gasteiger partial charge in [-0.2, -0.15) is 0 Å². The molecule has 138 valence electrons. The van der Waals surface area contributed by atoms with Gasteiger partial charge in [-0.25, -0.2) is 29.4 Å². The Morgan fingerprint density at radius 3 is 2.84 bits per heavy atom. The van der Waals surface area contributed by atoms with Crippen LogP contribution in [0.4, 0.5) is 5.82 Å². The third-order valence-electron chi connectivity index (χ3n) is 3.80. The second kappa shape index (κ2) is 6.46. The average molecular weight is 376 g/mol. The second-order valence-corrected chi connectivity index (χ2v) is 7.03. The number of ether oxygens (including phenoxy) is 1. The first-order valence-electron chi connectivity index (χ1n) is 7.06. The topological polar surface area (TPSA) is 201 Å². The zero-order valence-electron chi connectivity index (χ0n) is 13.0. The fourth-order valence-electron chi connectivity index (χ4n) is 2.50. The number of nitrogens with zero attached hydrogens (tertiary/aromatic N) is 3. The largest absolute Gasteiger partial charge is 0.402 e. The Morgan fingerprint density at radius 1 is 1.44 bits per heavy atom. The van der Waals surface area contributed by atoms with Crippen molar-refractivity contribution in [2.45, 2.75) is 24.5 Å². The number of nitrogens with one attached hydrogen (secondary N) is 1. The number of fused-ring (bicyclic) bond motifs is 1. The molecule has 13 nitrogen and oxygen atoms in total. The number of nitrogens with two attached hydrogens (primary N) is 2. The van der Waals surface area contributed by atoms with Crippen LogP contribution in [-0.4, -0.2) is 61.8 Å². The highest BCUT2D eigenvalue weighted by molar-refractivity contribution is 7.51. The first-order valence-corrected chi connectivity index (χ1v) is 8.67. The predicted octanol–water partition coefficient (Wildman–Crippen LogP) is -1.95. The summed E-state index contributed by atoms with van der Waals surface area (Å²) in [6, 6.07) is 0. The van der Waals surface area contributed by atoms with E-state index in [1.165, 1.54) is 0 Å². The van der Waals surface area contributed by atoms with E-state index < -0.39 is 44.6 Å². The van der Waals surface area contributed by atoms with E-state index in [1.807, 2.05) is 0 Å². The minimum Gasteiger partial charge on any atom is -0.387 e. The van der Waals surface area contributed by atoms with Crippen LogP contribution in [0.3, 0.4) is 0 Å². The van der Waals surface area contributed by atoms with Crippen LogP contribution in [0.5, 0.6) is 0 Å². The summed E-state index contributed by atoms with van der Waals surface area (Å²) < 4.78 is 27.4. The number of hydrogen-bond donors (Lipinski definition) is 5. The quantitative estimate of drug-likeness (QED) is 0.363. The summed E-state index contributed by atoms with van der Waals surface area (Å²) in [7, 11) is -2.69. The fourth-order valence-corrected chi connectivity index (χ4v) is 2.96. The molecule has 3 rings (SSSR count). The highest BCUT2D eigenvalue weighted by Crippen LogP contribution is 2.39. The number of aromatic amines is 1. The Bertz CT molecular complexity index is 883. The number of anilines is 1. The number of rotatable bonds is 5. The second-order valence-electron chi connectivity index (χ2n) is 5.32. The van der Waals surface area contributed by atoms with Crippen molar-refractivity contribution in [3.8, 4) is 0 Å². The Morgan fingerprint density at radius 2 is 2.16 bits per heavy atom. The van der Waals surface area contributed by atoms with E-state index >= 15 is 0 Å². The zero-order chi connectivity index (χ0) is 18.4. The van der Waals surface area contributed by atoms with Gasteiger partial charge in [-0.05, 0) is 0 Å². The standard InChI is InChI=1S/C11H17N6O7P/c1-22-25(13,21)23-2-4-6(18)7(19)10(24-4)17-9-5(16-11(17)20)8(12)14-3-15-9/h3-4,6-7,10,18-19H,2H2,1H3,(H2,13,21)(H,16,20)(H2,12,14,15)/t4-,6-,7+,10-,25+/m1/s1. The maximum Gasteiger partial charge on any atom is 0.402 e. The van der Waals surface area contributed by atoms with E-state index in [0.717, 1.165) is 18.0 Å². The van der Waals surface area contributed by atoms with E-state index in [9.17, 15) is 19.6 Å². The number of hydrogen-bond acceptors (Lipinski definition) is 10. The van der Waals surface area contributed by atoms with Crippen molar-refractivity contribution >= 4 is 24.7 Å². The lowest BCUT2D eigenvalue weighted by Gasteiger charge is -2.17. The van der Waals surface area contributed by atoms with Gasteiger partial charge in [-0.3, -0.25) is 4.52 Å². The Balaban J connectivity index is 1.89. The Labute approximate surface area is 140 Å². The highest BCUT2D eigenvalue weighted by atomic mass is 31.2. The molecule has 14 heteroatoms. The summed E-state index contributed by atoms with van der Waals surface area (Å²) >= 11 is 0. The summed E-state index contributed by atoms with van der Waals surface area (Å²) in [5, 5.41) is 20.3. The molecule has 0 bridgehead atoms. The summed E-state index contributed by atoms with van der Waals surface area (Å²) in [5.41, 5.74) is 10.5. The van der Waals surface area contributed by atoms with E-state index in [1.54, 1.807) is 0 Å². The molecule has 0 amide bonds. The van der Waals surface area contributed by atoms with Crippen molar-refractivity contribution < 1.29 is 28.6 Å². The van der Waals surface area contributed by atoms with Crippen LogP contribution in [-0.2, 0) is 18.3 Å². The summed E-state index contributed by atoms with van der Waals surface area (Å²) in [5.74, 6) is 0.0398. The monoisotopic (exact) mass is 376 g/mol. The lowest BCUT2D eigenvalue weighted by atomic mass is 10.1. The van der Waals surface area contributed by atoms with Gasteiger partial charge < -0.3 is 30.2 Å². The smallest absolute Gasteiger partial charge is 0.387 e. The number of aliphatic hydroxyl groups excluding tert-OH is 2. The Kier molecular flexibility index (Phi) is 4.64. The normalized spacial score (nSPS) is 29.1. The van der Waals surface area contributed by atoms with E-state index in [4.69, 9.17) is 20.5 Å². The first kappa shape index (κ1) is 17.9. The van der Waals surface area contributed by atoms with Crippen LogP contribution in [0, 0.1) is 0 Å². The third-order valence-corrected chi connectivity index (χ3v) is 4.82.